The summed E-state index contributed by atoms with van der Waals surface area (Å²) in [4.78, 5) is 12.3. The fourth-order valence-electron chi connectivity index (χ4n) is 2.29. The summed E-state index contributed by atoms with van der Waals surface area (Å²) in [5, 5.41) is 0. The van der Waals surface area contributed by atoms with E-state index in [0.717, 1.165) is 17.7 Å². The molecular weight excluding hydrogens is 281 g/mol. The van der Waals surface area contributed by atoms with Gasteiger partial charge in [0.1, 0.15) is 11.5 Å². The van der Waals surface area contributed by atoms with E-state index >= 15 is 0 Å². The highest BCUT2D eigenvalue weighted by molar-refractivity contribution is 5.99. The van der Waals surface area contributed by atoms with Crippen molar-refractivity contribution in [1.29, 1.82) is 0 Å². The van der Waals surface area contributed by atoms with Gasteiger partial charge in [0.2, 0.25) is 0 Å². The zero-order chi connectivity index (χ0) is 15.8. The number of carbonyl (C=O) groups is 1. The van der Waals surface area contributed by atoms with E-state index < -0.39 is 11.7 Å². The molecule has 0 aliphatic rings. The van der Waals surface area contributed by atoms with Gasteiger partial charge in [0, 0.05) is 12.0 Å². The summed E-state index contributed by atoms with van der Waals surface area (Å²) in [5.74, 6) is 1.08. The predicted molar refractivity (Wildman–Crippen MR) is 72.4 cm³/mol. The Morgan fingerprint density at radius 3 is 2.05 bits per heavy atom. The van der Waals surface area contributed by atoms with Crippen LogP contribution in [0.2, 0.25) is 0 Å². The molecule has 0 radical (unpaired) electrons. The van der Waals surface area contributed by atoms with Crippen LogP contribution in [0.15, 0.2) is 28.7 Å². The molecule has 2 aromatic rings. The number of ketones is 1. The van der Waals surface area contributed by atoms with Gasteiger partial charge < -0.3 is 4.42 Å². The van der Waals surface area contributed by atoms with Crippen molar-refractivity contribution in [1.82, 2.24) is 0 Å². The molecule has 0 saturated carbocycles. The average molecular weight is 296 g/mol. The van der Waals surface area contributed by atoms with Gasteiger partial charge in [-0.2, -0.15) is 13.2 Å². The van der Waals surface area contributed by atoms with Gasteiger partial charge in [0.15, 0.2) is 5.78 Å². The topological polar surface area (TPSA) is 30.2 Å². The van der Waals surface area contributed by atoms with Crippen molar-refractivity contribution in [2.75, 3.05) is 0 Å². The molecule has 2 nitrogen and oxygen atoms in total. The third-order valence-corrected chi connectivity index (χ3v) is 3.49. The molecule has 0 amide bonds. The van der Waals surface area contributed by atoms with Gasteiger partial charge in [-0.05, 0) is 38.5 Å². The van der Waals surface area contributed by atoms with E-state index in [1.165, 1.54) is 12.1 Å². The zero-order valence-electron chi connectivity index (χ0n) is 12.0. The lowest BCUT2D eigenvalue weighted by molar-refractivity contribution is -0.137. The van der Waals surface area contributed by atoms with Crippen LogP contribution in [-0.2, 0) is 12.6 Å². The molecule has 1 aromatic carbocycles. The van der Waals surface area contributed by atoms with Crippen LogP contribution in [0.25, 0.3) is 0 Å². The molecule has 0 spiro atoms. The Labute approximate surface area is 120 Å². The van der Waals surface area contributed by atoms with Crippen molar-refractivity contribution in [2.24, 2.45) is 0 Å². The fourth-order valence-corrected chi connectivity index (χ4v) is 2.29. The molecule has 0 bridgehead atoms. The Morgan fingerprint density at radius 2 is 1.62 bits per heavy atom. The minimum absolute atomic E-state index is 0.0544. The van der Waals surface area contributed by atoms with Crippen molar-refractivity contribution >= 4 is 5.78 Å². The Balaban J connectivity index is 2.20. The Bertz CT molecular complexity index is 664. The van der Waals surface area contributed by atoms with Crippen LogP contribution in [0.1, 0.15) is 38.6 Å². The van der Waals surface area contributed by atoms with E-state index in [-0.39, 0.29) is 12.2 Å². The molecule has 5 heteroatoms. The molecule has 21 heavy (non-hydrogen) atoms. The van der Waals surface area contributed by atoms with Crippen molar-refractivity contribution < 1.29 is 22.4 Å². The number of hydrogen-bond donors (Lipinski definition) is 0. The lowest BCUT2D eigenvalue weighted by Crippen LogP contribution is -2.07. The van der Waals surface area contributed by atoms with Crippen LogP contribution >= 0.6 is 0 Å². The van der Waals surface area contributed by atoms with Crippen molar-refractivity contribution in [3.05, 3.63) is 58.0 Å². The zero-order valence-corrected chi connectivity index (χ0v) is 12.0. The smallest absolute Gasteiger partial charge is 0.416 e. The molecule has 0 unspecified atom stereocenters. The van der Waals surface area contributed by atoms with Crippen LogP contribution in [-0.4, -0.2) is 5.78 Å². The Morgan fingerprint density at radius 1 is 1.05 bits per heavy atom. The maximum atomic E-state index is 12.5. The van der Waals surface area contributed by atoms with E-state index in [4.69, 9.17) is 4.42 Å². The second-order valence-electron chi connectivity index (χ2n) is 5.01. The minimum atomic E-state index is -4.36. The molecule has 0 aliphatic heterocycles. The molecule has 2 rings (SSSR count). The summed E-state index contributed by atoms with van der Waals surface area (Å²) in [6.07, 6.45) is -4.31. The summed E-state index contributed by atoms with van der Waals surface area (Å²) in [6.45, 7) is 5.28. The molecule has 0 fully saturated rings. The molecule has 0 atom stereocenters. The number of benzene rings is 1. The van der Waals surface area contributed by atoms with E-state index in [1.807, 2.05) is 0 Å². The fraction of sp³-hybridized carbons (Fsp3) is 0.312. The summed E-state index contributed by atoms with van der Waals surface area (Å²) >= 11 is 0. The first-order chi connectivity index (χ1) is 9.70. The van der Waals surface area contributed by atoms with E-state index in [2.05, 4.69) is 0 Å². The van der Waals surface area contributed by atoms with Gasteiger partial charge in [-0.3, -0.25) is 4.79 Å². The molecular formula is C16H15F3O2. The predicted octanol–water partition coefficient (Wildman–Crippen LogP) is 4.65. The molecule has 112 valence electrons. The van der Waals surface area contributed by atoms with Crippen molar-refractivity contribution in [3.63, 3.8) is 0 Å². The lowest BCUT2D eigenvalue weighted by Gasteiger charge is -2.07. The van der Waals surface area contributed by atoms with Gasteiger partial charge in [0.25, 0.3) is 0 Å². The van der Waals surface area contributed by atoms with Gasteiger partial charge in [0.05, 0.1) is 11.1 Å². The Hall–Kier alpha value is -2.04. The van der Waals surface area contributed by atoms with Crippen LogP contribution in [0, 0.1) is 20.8 Å². The summed E-state index contributed by atoms with van der Waals surface area (Å²) in [5.41, 5.74) is 1.13. The monoisotopic (exact) mass is 296 g/mol. The van der Waals surface area contributed by atoms with E-state index in [1.54, 1.807) is 20.8 Å². The maximum absolute atomic E-state index is 12.5. The van der Waals surface area contributed by atoms with Crippen molar-refractivity contribution in [2.45, 2.75) is 33.4 Å². The SMILES string of the molecule is Cc1oc(C)c(C(=O)Cc2ccc(C(F)(F)F)cc2)c1C. The van der Waals surface area contributed by atoms with Gasteiger partial charge in [-0.1, -0.05) is 12.1 Å². The third kappa shape index (κ3) is 3.17. The van der Waals surface area contributed by atoms with Crippen molar-refractivity contribution in [3.8, 4) is 0 Å². The second-order valence-corrected chi connectivity index (χ2v) is 5.01. The molecule has 0 saturated heterocycles. The first kappa shape index (κ1) is 15.4. The van der Waals surface area contributed by atoms with Crippen LogP contribution < -0.4 is 0 Å². The van der Waals surface area contributed by atoms with Crippen LogP contribution in [0.3, 0.4) is 0 Å². The highest BCUT2D eigenvalue weighted by Crippen LogP contribution is 2.29. The molecule has 0 N–H and O–H groups in total. The normalized spacial score (nSPS) is 11.7. The van der Waals surface area contributed by atoms with Crippen LogP contribution in [0.4, 0.5) is 13.2 Å². The number of furan rings is 1. The summed E-state index contributed by atoms with van der Waals surface area (Å²) < 4.78 is 42.8. The first-order valence-electron chi connectivity index (χ1n) is 6.46. The largest absolute Gasteiger partial charge is 0.466 e. The van der Waals surface area contributed by atoms with E-state index in [9.17, 15) is 18.0 Å². The standard InChI is InChI=1S/C16H15F3O2/c1-9-10(2)21-11(3)15(9)14(20)8-12-4-6-13(7-5-12)16(17,18)19/h4-7H,8H2,1-3H3. The minimum Gasteiger partial charge on any atom is -0.466 e. The molecule has 1 aromatic heterocycles. The van der Waals surface area contributed by atoms with E-state index in [0.29, 0.717) is 22.6 Å². The third-order valence-electron chi connectivity index (χ3n) is 3.49. The number of Topliss-reactive ketones (excluding diaryl/α,β-unsaturated/α-hetero) is 1. The highest BCUT2D eigenvalue weighted by Gasteiger charge is 2.30. The summed E-state index contributed by atoms with van der Waals surface area (Å²) in [6, 6.07) is 4.64. The Kier molecular flexibility index (Phi) is 3.94. The van der Waals surface area contributed by atoms with Gasteiger partial charge >= 0.3 is 6.18 Å². The number of hydrogen-bond acceptors (Lipinski definition) is 2. The van der Waals surface area contributed by atoms with Gasteiger partial charge in [-0.25, -0.2) is 0 Å². The number of halogens is 3. The molecule has 1 heterocycles. The number of aryl methyl sites for hydroxylation is 2. The maximum Gasteiger partial charge on any atom is 0.416 e. The lowest BCUT2D eigenvalue weighted by atomic mass is 9.99. The quantitative estimate of drug-likeness (QED) is 0.772. The number of carbonyl (C=O) groups excluding carboxylic acids is 1. The molecule has 0 aliphatic carbocycles. The average Bonchev–Trinajstić information content (AvgIpc) is 2.62. The first-order valence-corrected chi connectivity index (χ1v) is 6.46. The number of rotatable bonds is 3. The highest BCUT2D eigenvalue weighted by atomic mass is 19.4. The van der Waals surface area contributed by atoms with Crippen LogP contribution in [0.5, 0.6) is 0 Å². The summed E-state index contributed by atoms with van der Waals surface area (Å²) in [7, 11) is 0. The second kappa shape index (κ2) is 5.39. The van der Waals surface area contributed by atoms with Gasteiger partial charge in [-0.15, -0.1) is 0 Å². The number of alkyl halides is 3.